The molecule has 2 aromatic rings. The number of rotatable bonds is 8. The molecule has 2 fully saturated rings. The highest BCUT2D eigenvalue weighted by atomic mass is 16.6. The fourth-order valence-corrected chi connectivity index (χ4v) is 3.99. The van der Waals surface area contributed by atoms with Crippen molar-refractivity contribution >= 4 is 11.9 Å². The Morgan fingerprint density at radius 2 is 1.45 bits per heavy atom. The van der Waals surface area contributed by atoms with Crippen molar-refractivity contribution in [2.24, 2.45) is 0 Å². The van der Waals surface area contributed by atoms with Crippen LogP contribution >= 0.6 is 0 Å². The first-order chi connectivity index (χ1) is 15.0. The molecule has 0 saturated carbocycles. The van der Waals surface area contributed by atoms with E-state index < -0.39 is 11.9 Å². The molecule has 4 rings (SSSR count). The average Bonchev–Trinajstić information content (AvgIpc) is 3.29. The van der Waals surface area contributed by atoms with Gasteiger partial charge in [-0.05, 0) is 55.0 Å². The third-order valence-electron chi connectivity index (χ3n) is 5.50. The maximum atomic E-state index is 11.1. The van der Waals surface area contributed by atoms with Crippen molar-refractivity contribution in [3.63, 3.8) is 0 Å². The van der Waals surface area contributed by atoms with Crippen LogP contribution < -0.4 is 9.47 Å². The third kappa shape index (κ3) is 4.50. The van der Waals surface area contributed by atoms with Crippen LogP contribution in [0.3, 0.4) is 0 Å². The smallest absolute Gasteiger partial charge is 0.335 e. The number of carboxylic acid groups (broad SMARTS) is 2. The zero-order valence-corrected chi connectivity index (χ0v) is 17.0. The zero-order valence-electron chi connectivity index (χ0n) is 17.0. The highest BCUT2D eigenvalue weighted by molar-refractivity contribution is 5.88. The molecule has 5 atom stereocenters. The molecule has 0 radical (unpaired) electrons. The van der Waals surface area contributed by atoms with Crippen LogP contribution in [-0.4, -0.2) is 59.3 Å². The number of fused-ring (bicyclic) bond motifs is 1. The SMILES string of the molecule is CCCC1OC2C(Oc3ccc(C(=O)O)cc3)COC2C1Oc1ccc(C(=O)O)cc1. The van der Waals surface area contributed by atoms with E-state index in [4.69, 9.17) is 29.2 Å². The van der Waals surface area contributed by atoms with Crippen LogP contribution in [0.2, 0.25) is 0 Å². The van der Waals surface area contributed by atoms with Crippen molar-refractivity contribution in [3.8, 4) is 11.5 Å². The zero-order chi connectivity index (χ0) is 22.0. The van der Waals surface area contributed by atoms with Gasteiger partial charge >= 0.3 is 11.9 Å². The molecule has 2 N–H and O–H groups in total. The second kappa shape index (κ2) is 8.95. The second-order valence-electron chi connectivity index (χ2n) is 7.62. The lowest BCUT2D eigenvalue weighted by molar-refractivity contribution is -0.0346. The third-order valence-corrected chi connectivity index (χ3v) is 5.50. The summed E-state index contributed by atoms with van der Waals surface area (Å²) < 4.78 is 24.4. The summed E-state index contributed by atoms with van der Waals surface area (Å²) >= 11 is 0. The average molecular weight is 428 g/mol. The van der Waals surface area contributed by atoms with Gasteiger partial charge in [0.2, 0.25) is 0 Å². The van der Waals surface area contributed by atoms with Crippen molar-refractivity contribution in [1.82, 2.24) is 0 Å². The summed E-state index contributed by atoms with van der Waals surface area (Å²) in [6, 6.07) is 12.5. The Morgan fingerprint density at radius 3 is 1.97 bits per heavy atom. The quantitative estimate of drug-likeness (QED) is 0.659. The fourth-order valence-electron chi connectivity index (χ4n) is 3.99. The first-order valence-electron chi connectivity index (χ1n) is 10.2. The Bertz CT molecular complexity index is 924. The molecule has 0 aromatic heterocycles. The van der Waals surface area contributed by atoms with Gasteiger partial charge in [-0.1, -0.05) is 13.3 Å². The molecule has 31 heavy (non-hydrogen) atoms. The van der Waals surface area contributed by atoms with Gasteiger partial charge in [0, 0.05) is 0 Å². The first-order valence-corrected chi connectivity index (χ1v) is 10.2. The Kier molecular flexibility index (Phi) is 6.11. The molecule has 0 aliphatic carbocycles. The van der Waals surface area contributed by atoms with Crippen LogP contribution in [0.1, 0.15) is 40.5 Å². The molecular formula is C23H24O8. The van der Waals surface area contributed by atoms with Crippen molar-refractivity contribution in [1.29, 1.82) is 0 Å². The summed E-state index contributed by atoms with van der Waals surface area (Å²) in [6.07, 6.45) is 0.183. The van der Waals surface area contributed by atoms with Crippen molar-refractivity contribution in [3.05, 3.63) is 59.7 Å². The minimum Gasteiger partial charge on any atom is -0.485 e. The lowest BCUT2D eigenvalue weighted by Gasteiger charge is -2.23. The van der Waals surface area contributed by atoms with E-state index in [0.29, 0.717) is 18.1 Å². The number of carbonyl (C=O) groups is 2. The summed E-state index contributed by atoms with van der Waals surface area (Å²) in [4.78, 5) is 22.1. The maximum Gasteiger partial charge on any atom is 0.335 e. The molecule has 0 amide bonds. The summed E-state index contributed by atoms with van der Waals surface area (Å²) in [5.41, 5.74) is 0.382. The predicted octanol–water partition coefficient (Wildman–Crippen LogP) is 3.24. The normalized spacial score (nSPS) is 26.9. The van der Waals surface area contributed by atoms with Crippen LogP contribution in [0.4, 0.5) is 0 Å². The number of hydrogen-bond acceptors (Lipinski definition) is 6. The van der Waals surface area contributed by atoms with Gasteiger partial charge < -0.3 is 29.2 Å². The largest absolute Gasteiger partial charge is 0.485 e. The van der Waals surface area contributed by atoms with Crippen molar-refractivity contribution < 1.29 is 38.7 Å². The Morgan fingerprint density at radius 1 is 0.903 bits per heavy atom. The molecule has 0 spiro atoms. The minimum absolute atomic E-state index is 0.181. The summed E-state index contributed by atoms with van der Waals surface area (Å²) in [5.74, 6) is -0.884. The van der Waals surface area contributed by atoms with E-state index in [1.54, 1.807) is 24.3 Å². The second-order valence-corrected chi connectivity index (χ2v) is 7.62. The van der Waals surface area contributed by atoms with Crippen LogP contribution in [0.25, 0.3) is 0 Å². The maximum absolute atomic E-state index is 11.1. The lowest BCUT2D eigenvalue weighted by Crippen LogP contribution is -2.38. The highest BCUT2D eigenvalue weighted by Crippen LogP contribution is 2.37. The molecule has 0 bridgehead atoms. The van der Waals surface area contributed by atoms with E-state index in [2.05, 4.69) is 6.92 Å². The van der Waals surface area contributed by atoms with E-state index in [9.17, 15) is 9.59 Å². The number of hydrogen-bond donors (Lipinski definition) is 2. The standard InChI is InChI=1S/C23H24O8/c1-2-3-17-19(30-16-10-6-14(7-11-16)23(26)27)21-20(31-17)18(12-28-21)29-15-8-4-13(5-9-15)22(24)25/h4-11,17-21H,2-3,12H2,1H3,(H,24,25)(H,26,27). The molecule has 2 saturated heterocycles. The van der Waals surface area contributed by atoms with Gasteiger partial charge in [-0.2, -0.15) is 0 Å². The lowest BCUT2D eigenvalue weighted by atomic mass is 10.0. The molecule has 2 aromatic carbocycles. The number of aromatic carboxylic acids is 2. The summed E-state index contributed by atoms with van der Waals surface area (Å²) in [6.45, 7) is 2.39. The number of ether oxygens (including phenoxy) is 4. The van der Waals surface area contributed by atoms with Crippen LogP contribution in [0.15, 0.2) is 48.5 Å². The minimum atomic E-state index is -0.992. The molecule has 2 aliphatic rings. The van der Waals surface area contributed by atoms with Gasteiger partial charge in [0.05, 0.1) is 23.8 Å². The van der Waals surface area contributed by atoms with Gasteiger partial charge in [-0.15, -0.1) is 0 Å². The molecular weight excluding hydrogens is 404 g/mol. The van der Waals surface area contributed by atoms with Crippen LogP contribution in [0, 0.1) is 0 Å². The summed E-state index contributed by atoms with van der Waals surface area (Å²) in [5, 5.41) is 18.1. The molecule has 8 nitrogen and oxygen atoms in total. The van der Waals surface area contributed by atoms with E-state index in [1.165, 1.54) is 24.3 Å². The van der Waals surface area contributed by atoms with Gasteiger partial charge in [-0.25, -0.2) is 9.59 Å². The van der Waals surface area contributed by atoms with Gasteiger partial charge in [-0.3, -0.25) is 0 Å². The topological polar surface area (TPSA) is 112 Å². The van der Waals surface area contributed by atoms with E-state index in [-0.39, 0.29) is 41.6 Å². The van der Waals surface area contributed by atoms with Gasteiger partial charge in [0.25, 0.3) is 0 Å². The number of benzene rings is 2. The summed E-state index contributed by atoms with van der Waals surface area (Å²) in [7, 11) is 0. The monoisotopic (exact) mass is 428 g/mol. The Hall–Kier alpha value is -3.10. The van der Waals surface area contributed by atoms with Gasteiger partial charge in [0.15, 0.2) is 12.2 Å². The molecule has 5 unspecified atom stereocenters. The Labute approximate surface area is 179 Å². The van der Waals surface area contributed by atoms with E-state index in [0.717, 1.165) is 12.8 Å². The first kappa shape index (κ1) is 21.1. The van der Waals surface area contributed by atoms with E-state index in [1.807, 2.05) is 0 Å². The fraction of sp³-hybridized carbons (Fsp3) is 0.391. The highest BCUT2D eigenvalue weighted by Gasteiger charge is 2.54. The Balaban J connectivity index is 1.46. The predicted molar refractivity (Wildman–Crippen MR) is 109 cm³/mol. The van der Waals surface area contributed by atoms with Gasteiger partial charge in [0.1, 0.15) is 23.7 Å². The molecule has 164 valence electrons. The van der Waals surface area contributed by atoms with E-state index >= 15 is 0 Å². The van der Waals surface area contributed by atoms with Crippen molar-refractivity contribution in [2.45, 2.75) is 50.3 Å². The molecule has 8 heteroatoms. The number of carboxylic acids is 2. The molecule has 2 aliphatic heterocycles. The molecule has 2 heterocycles. The van der Waals surface area contributed by atoms with Crippen molar-refractivity contribution in [2.75, 3.05) is 6.61 Å². The van der Waals surface area contributed by atoms with Crippen LogP contribution in [-0.2, 0) is 9.47 Å². The van der Waals surface area contributed by atoms with Crippen LogP contribution in [0.5, 0.6) is 11.5 Å².